The van der Waals surface area contributed by atoms with Crippen molar-refractivity contribution in [3.8, 4) is 5.75 Å². The Morgan fingerprint density at radius 3 is 2.88 bits per heavy atom. The molecule has 0 aliphatic heterocycles. The summed E-state index contributed by atoms with van der Waals surface area (Å²) in [6, 6.07) is 1.73. The quantitative estimate of drug-likeness (QED) is 0.647. The van der Waals surface area contributed by atoms with Crippen molar-refractivity contribution in [1.29, 1.82) is 0 Å². The maximum absolute atomic E-state index is 10.6. The Bertz CT molecular complexity index is 339. The highest BCUT2D eigenvalue weighted by molar-refractivity contribution is 5.74. The summed E-state index contributed by atoms with van der Waals surface area (Å²) < 4.78 is 5.68. The lowest BCUT2D eigenvalue weighted by Gasteiger charge is -2.15. The Balaban J connectivity index is 2.44. The molecule has 0 aromatic carbocycles. The van der Waals surface area contributed by atoms with Gasteiger partial charge in [-0.25, -0.2) is 0 Å². The van der Waals surface area contributed by atoms with Gasteiger partial charge in [0.15, 0.2) is 6.29 Å². The number of nitrogens with zero attached hydrogens (tertiary/aromatic N) is 1. The van der Waals surface area contributed by atoms with E-state index in [1.807, 2.05) is 0 Å². The monoisotopic (exact) mass is 235 g/mol. The molecule has 94 valence electrons. The summed E-state index contributed by atoms with van der Waals surface area (Å²) >= 11 is 0. The maximum Gasteiger partial charge on any atom is 0.151 e. The molecular weight excluding hydrogens is 214 g/mol. The zero-order chi connectivity index (χ0) is 12.5. The summed E-state index contributed by atoms with van der Waals surface area (Å²) in [6.45, 7) is 5.09. The predicted octanol–water partition coefficient (Wildman–Crippen LogP) is 3.49. The Labute approximate surface area is 103 Å². The van der Waals surface area contributed by atoms with Crippen LogP contribution in [0, 0.1) is 5.92 Å². The van der Waals surface area contributed by atoms with Gasteiger partial charge in [0.05, 0.1) is 12.8 Å². The maximum atomic E-state index is 10.6. The summed E-state index contributed by atoms with van der Waals surface area (Å²) in [5.41, 5.74) is 0.559. The Kier molecular flexibility index (Phi) is 6.30. The van der Waals surface area contributed by atoms with Crippen LogP contribution in [0.25, 0.3) is 0 Å². The molecule has 0 fully saturated rings. The predicted molar refractivity (Wildman–Crippen MR) is 68.4 cm³/mol. The van der Waals surface area contributed by atoms with Crippen molar-refractivity contribution in [2.24, 2.45) is 5.92 Å². The zero-order valence-electron chi connectivity index (χ0n) is 10.7. The van der Waals surface area contributed by atoms with Crippen LogP contribution in [0.5, 0.6) is 5.75 Å². The number of aldehydes is 1. The lowest BCUT2D eigenvalue weighted by atomic mass is 10.0. The normalized spacial score (nSPS) is 12.1. The standard InChI is InChI=1S/C14H21NO2/c1-3-5-6-12(4-2)11-17-14-7-13(10-16)8-15-9-14/h7-10,12H,3-6,11H2,1-2H3. The summed E-state index contributed by atoms with van der Waals surface area (Å²) in [7, 11) is 0. The smallest absolute Gasteiger partial charge is 0.151 e. The molecule has 0 aliphatic rings. The second-order valence-electron chi connectivity index (χ2n) is 4.30. The minimum Gasteiger partial charge on any atom is -0.492 e. The van der Waals surface area contributed by atoms with Crippen molar-refractivity contribution < 1.29 is 9.53 Å². The van der Waals surface area contributed by atoms with Crippen LogP contribution in [0.4, 0.5) is 0 Å². The highest BCUT2D eigenvalue weighted by Gasteiger charge is 2.07. The average molecular weight is 235 g/mol. The molecule has 1 unspecified atom stereocenters. The molecule has 1 aromatic heterocycles. The van der Waals surface area contributed by atoms with E-state index in [1.54, 1.807) is 12.3 Å². The highest BCUT2D eigenvalue weighted by atomic mass is 16.5. The molecule has 0 saturated heterocycles. The molecule has 3 heteroatoms. The van der Waals surface area contributed by atoms with Crippen LogP contribution in [0.15, 0.2) is 18.5 Å². The van der Waals surface area contributed by atoms with E-state index in [0.717, 1.165) is 12.7 Å². The van der Waals surface area contributed by atoms with E-state index in [-0.39, 0.29) is 0 Å². The van der Waals surface area contributed by atoms with Gasteiger partial charge in [0.25, 0.3) is 0 Å². The lowest BCUT2D eigenvalue weighted by molar-refractivity contribution is 0.112. The molecule has 1 atom stereocenters. The second kappa shape index (κ2) is 7.82. The lowest BCUT2D eigenvalue weighted by Crippen LogP contribution is -2.11. The first kappa shape index (κ1) is 13.7. The average Bonchev–Trinajstić information content (AvgIpc) is 2.39. The third kappa shape index (κ3) is 4.98. The van der Waals surface area contributed by atoms with Gasteiger partial charge in [0, 0.05) is 11.8 Å². The number of rotatable bonds is 8. The van der Waals surface area contributed by atoms with Crippen molar-refractivity contribution >= 4 is 6.29 Å². The molecule has 1 rings (SSSR count). The molecular formula is C14H21NO2. The van der Waals surface area contributed by atoms with Crippen LogP contribution in [0.1, 0.15) is 49.9 Å². The van der Waals surface area contributed by atoms with E-state index >= 15 is 0 Å². The first-order valence-corrected chi connectivity index (χ1v) is 6.33. The summed E-state index contributed by atoms with van der Waals surface area (Å²) in [4.78, 5) is 14.6. The van der Waals surface area contributed by atoms with Crippen molar-refractivity contribution in [3.63, 3.8) is 0 Å². The highest BCUT2D eigenvalue weighted by Crippen LogP contribution is 2.16. The molecule has 0 amide bonds. The van der Waals surface area contributed by atoms with Crippen LogP contribution in [0.2, 0.25) is 0 Å². The largest absolute Gasteiger partial charge is 0.492 e. The van der Waals surface area contributed by atoms with E-state index in [0.29, 0.717) is 23.8 Å². The fourth-order valence-electron chi connectivity index (χ4n) is 1.69. The van der Waals surface area contributed by atoms with Crippen LogP contribution in [0.3, 0.4) is 0 Å². The Hall–Kier alpha value is -1.38. The molecule has 0 N–H and O–H groups in total. The van der Waals surface area contributed by atoms with E-state index in [1.165, 1.54) is 25.5 Å². The van der Waals surface area contributed by atoms with Crippen LogP contribution in [-0.2, 0) is 0 Å². The fraction of sp³-hybridized carbons (Fsp3) is 0.571. The minimum atomic E-state index is 0.559. The first-order chi connectivity index (χ1) is 8.30. The van der Waals surface area contributed by atoms with Gasteiger partial charge >= 0.3 is 0 Å². The van der Waals surface area contributed by atoms with E-state index in [9.17, 15) is 4.79 Å². The van der Waals surface area contributed by atoms with E-state index in [2.05, 4.69) is 18.8 Å². The Morgan fingerprint density at radius 2 is 2.24 bits per heavy atom. The van der Waals surface area contributed by atoms with Crippen molar-refractivity contribution in [3.05, 3.63) is 24.0 Å². The van der Waals surface area contributed by atoms with Gasteiger partial charge in [0.1, 0.15) is 5.75 Å². The summed E-state index contributed by atoms with van der Waals surface area (Å²) in [6.07, 6.45) is 8.77. The van der Waals surface area contributed by atoms with Crippen LogP contribution >= 0.6 is 0 Å². The van der Waals surface area contributed by atoms with Gasteiger partial charge in [-0.2, -0.15) is 0 Å². The molecule has 1 heterocycles. The van der Waals surface area contributed by atoms with Crippen molar-refractivity contribution in [2.45, 2.75) is 39.5 Å². The molecule has 0 bridgehead atoms. The van der Waals surface area contributed by atoms with Gasteiger partial charge in [-0.1, -0.05) is 33.1 Å². The summed E-state index contributed by atoms with van der Waals surface area (Å²) in [5.74, 6) is 1.28. The molecule has 0 aliphatic carbocycles. The third-order valence-electron chi connectivity index (χ3n) is 2.90. The number of hydrogen-bond acceptors (Lipinski definition) is 3. The topological polar surface area (TPSA) is 39.2 Å². The SMILES string of the molecule is CCCCC(CC)COc1cncc(C=O)c1. The minimum absolute atomic E-state index is 0.559. The first-order valence-electron chi connectivity index (χ1n) is 6.33. The number of carbonyl (C=O) groups excluding carboxylic acids is 1. The number of unbranched alkanes of at least 4 members (excludes halogenated alkanes) is 1. The molecule has 0 radical (unpaired) electrons. The number of carbonyl (C=O) groups is 1. The van der Waals surface area contributed by atoms with Gasteiger partial charge < -0.3 is 4.74 Å². The molecule has 0 saturated carbocycles. The number of aromatic nitrogens is 1. The molecule has 1 aromatic rings. The summed E-state index contributed by atoms with van der Waals surface area (Å²) in [5, 5.41) is 0. The van der Waals surface area contributed by atoms with E-state index in [4.69, 9.17) is 4.74 Å². The Morgan fingerprint density at radius 1 is 1.41 bits per heavy atom. The number of hydrogen-bond donors (Lipinski definition) is 0. The fourth-order valence-corrected chi connectivity index (χ4v) is 1.69. The van der Waals surface area contributed by atoms with Crippen molar-refractivity contribution in [2.75, 3.05) is 6.61 Å². The molecule has 17 heavy (non-hydrogen) atoms. The molecule has 3 nitrogen and oxygen atoms in total. The van der Waals surface area contributed by atoms with Gasteiger partial charge in [0.2, 0.25) is 0 Å². The number of ether oxygens (including phenoxy) is 1. The van der Waals surface area contributed by atoms with Crippen molar-refractivity contribution in [1.82, 2.24) is 4.98 Å². The number of pyridine rings is 1. The van der Waals surface area contributed by atoms with Crippen LogP contribution in [-0.4, -0.2) is 17.9 Å². The van der Waals surface area contributed by atoms with Gasteiger partial charge in [-0.05, 0) is 18.4 Å². The third-order valence-corrected chi connectivity index (χ3v) is 2.90. The van der Waals surface area contributed by atoms with Crippen LogP contribution < -0.4 is 4.74 Å². The molecule has 0 spiro atoms. The van der Waals surface area contributed by atoms with Gasteiger partial charge in [-0.15, -0.1) is 0 Å². The zero-order valence-corrected chi connectivity index (χ0v) is 10.7. The van der Waals surface area contributed by atoms with Gasteiger partial charge in [-0.3, -0.25) is 9.78 Å². The second-order valence-corrected chi connectivity index (χ2v) is 4.30. The van der Waals surface area contributed by atoms with E-state index < -0.39 is 0 Å².